The highest BCUT2D eigenvalue weighted by Crippen LogP contribution is 2.71. The van der Waals surface area contributed by atoms with E-state index in [1.54, 1.807) is 16.7 Å². The first kappa shape index (κ1) is 26.8. The Morgan fingerprint density at radius 1 is 1.03 bits per heavy atom. The zero-order chi connectivity index (χ0) is 26.9. The van der Waals surface area contributed by atoms with Crippen LogP contribution in [0.2, 0.25) is 0 Å². The molecule has 0 aromatic heterocycles. The number of likely N-dealkylation sites (tertiary alicyclic amines) is 1. The second kappa shape index (κ2) is 10.7. The van der Waals surface area contributed by atoms with Gasteiger partial charge in [-0.05, 0) is 43.7 Å². The lowest BCUT2D eigenvalue weighted by Gasteiger charge is -2.37. The molecule has 5 rings (SSSR count). The van der Waals surface area contributed by atoms with Gasteiger partial charge in [-0.2, -0.15) is 0 Å². The Bertz CT molecular complexity index is 1180. The summed E-state index contributed by atoms with van der Waals surface area (Å²) >= 11 is 1.66. The molecule has 3 amide bonds. The first-order valence-electron chi connectivity index (χ1n) is 13.6. The Morgan fingerprint density at radius 2 is 1.68 bits per heavy atom. The number of aliphatic hydroxyl groups is 1. The highest BCUT2D eigenvalue weighted by atomic mass is 32.2. The van der Waals surface area contributed by atoms with Gasteiger partial charge in [0, 0.05) is 17.8 Å². The molecule has 2 unspecified atom stereocenters. The third kappa shape index (κ3) is 4.51. The molecule has 3 heterocycles. The minimum absolute atomic E-state index is 0.101. The lowest BCUT2D eigenvalue weighted by molar-refractivity contribution is -0.143. The van der Waals surface area contributed by atoms with Crippen LogP contribution >= 0.6 is 11.8 Å². The van der Waals surface area contributed by atoms with Crippen LogP contribution < -0.4 is 10.6 Å². The van der Waals surface area contributed by atoms with E-state index in [1.807, 2.05) is 67.6 Å². The molecule has 202 valence electrons. The van der Waals surface area contributed by atoms with Gasteiger partial charge < -0.3 is 20.6 Å². The van der Waals surface area contributed by atoms with Crippen LogP contribution in [0.4, 0.5) is 0 Å². The largest absolute Gasteiger partial charge is 0.394 e. The van der Waals surface area contributed by atoms with Gasteiger partial charge in [-0.1, -0.05) is 67.6 Å². The molecule has 3 aliphatic heterocycles. The van der Waals surface area contributed by atoms with E-state index in [1.165, 1.54) is 0 Å². The summed E-state index contributed by atoms with van der Waals surface area (Å²) in [5, 5.41) is 16.7. The summed E-state index contributed by atoms with van der Waals surface area (Å²) in [6.45, 7) is 4.72. The fourth-order valence-electron chi connectivity index (χ4n) is 6.83. The molecule has 3 N–H and O–H groups in total. The smallest absolute Gasteiger partial charge is 0.244 e. The van der Waals surface area contributed by atoms with E-state index >= 15 is 0 Å². The Balaban J connectivity index is 1.51. The number of nitrogens with one attached hydrogen (secondary N) is 2. The molecule has 2 aromatic rings. The average molecular weight is 536 g/mol. The van der Waals surface area contributed by atoms with Crippen LogP contribution in [0.3, 0.4) is 0 Å². The Hall–Kier alpha value is -2.84. The molecule has 0 radical (unpaired) electrons. The Kier molecular flexibility index (Phi) is 7.56. The number of nitrogens with zero attached hydrogens (tertiary/aromatic N) is 1. The molecule has 3 aliphatic rings. The van der Waals surface area contributed by atoms with Crippen LogP contribution in [0, 0.1) is 11.8 Å². The molecule has 3 saturated heterocycles. The SMILES string of the molecule is CCCNC(=O)[C@@H]1[C@H]2C(=O)N([C@@H](CO)Cc3ccccc3)C(C(=O)NCc3ccccc3)C23CC[C@@]1(C)S3. The van der Waals surface area contributed by atoms with Crippen molar-refractivity contribution in [2.45, 2.75) is 67.7 Å². The van der Waals surface area contributed by atoms with Gasteiger partial charge in [0.05, 0.1) is 29.2 Å². The summed E-state index contributed by atoms with van der Waals surface area (Å²) in [4.78, 5) is 43.4. The molecule has 6 atom stereocenters. The monoisotopic (exact) mass is 535 g/mol. The molecule has 0 aliphatic carbocycles. The molecule has 7 nitrogen and oxygen atoms in total. The lowest BCUT2D eigenvalue weighted by atomic mass is 9.66. The van der Waals surface area contributed by atoms with Gasteiger partial charge in [0.25, 0.3) is 0 Å². The van der Waals surface area contributed by atoms with Crippen LogP contribution in [-0.4, -0.2) is 62.5 Å². The molecular weight excluding hydrogens is 498 g/mol. The summed E-state index contributed by atoms with van der Waals surface area (Å²) in [6.07, 6.45) is 2.70. The van der Waals surface area contributed by atoms with Crippen molar-refractivity contribution in [2.75, 3.05) is 13.2 Å². The van der Waals surface area contributed by atoms with Gasteiger partial charge in [-0.3, -0.25) is 14.4 Å². The number of amides is 3. The molecule has 1 spiro atoms. The van der Waals surface area contributed by atoms with Crippen molar-refractivity contribution in [3.8, 4) is 0 Å². The van der Waals surface area contributed by atoms with Gasteiger partial charge in [-0.15, -0.1) is 11.8 Å². The standard InChI is InChI=1S/C30H37N3O4S/c1-3-16-31-26(35)23-24-28(37)33(22(19-34)17-20-10-6-4-7-11-20)25(30(24)15-14-29(23,2)38-30)27(36)32-18-21-12-8-5-9-13-21/h4-13,22-25,34H,3,14-19H2,1-2H3,(H,31,35)(H,32,36)/t22-,23+,24+,25?,29-,30?/m1/s1. The number of hydrogen-bond donors (Lipinski definition) is 3. The second-order valence-corrected chi connectivity index (χ2v) is 12.9. The second-order valence-electron chi connectivity index (χ2n) is 11.0. The molecule has 8 heteroatoms. The molecule has 2 bridgehead atoms. The zero-order valence-corrected chi connectivity index (χ0v) is 22.9. The van der Waals surface area contributed by atoms with E-state index in [4.69, 9.17) is 0 Å². The third-order valence-electron chi connectivity index (χ3n) is 8.52. The fraction of sp³-hybridized carbons (Fsp3) is 0.500. The number of carbonyl (C=O) groups is 3. The van der Waals surface area contributed by atoms with Crippen molar-refractivity contribution in [3.63, 3.8) is 0 Å². The third-order valence-corrected chi connectivity index (χ3v) is 10.5. The van der Waals surface area contributed by atoms with Gasteiger partial charge in [0.2, 0.25) is 17.7 Å². The topological polar surface area (TPSA) is 98.7 Å². The maximum atomic E-state index is 14.3. The summed E-state index contributed by atoms with van der Waals surface area (Å²) in [5.74, 6) is -1.61. The number of aliphatic hydroxyl groups excluding tert-OH is 1. The van der Waals surface area contributed by atoms with Gasteiger partial charge >= 0.3 is 0 Å². The number of carbonyl (C=O) groups excluding carboxylic acids is 3. The minimum Gasteiger partial charge on any atom is -0.394 e. The summed E-state index contributed by atoms with van der Waals surface area (Å²) in [5.41, 5.74) is 1.96. The number of hydrogen-bond acceptors (Lipinski definition) is 5. The van der Waals surface area contributed by atoms with Crippen molar-refractivity contribution in [2.24, 2.45) is 11.8 Å². The Morgan fingerprint density at radius 3 is 2.32 bits per heavy atom. The predicted molar refractivity (Wildman–Crippen MR) is 148 cm³/mol. The normalized spacial score (nSPS) is 30.2. The van der Waals surface area contributed by atoms with E-state index in [9.17, 15) is 19.5 Å². The highest BCUT2D eigenvalue weighted by Gasteiger charge is 2.77. The maximum Gasteiger partial charge on any atom is 0.244 e. The zero-order valence-electron chi connectivity index (χ0n) is 22.1. The van der Waals surface area contributed by atoms with Gasteiger partial charge in [0.1, 0.15) is 6.04 Å². The molecule has 38 heavy (non-hydrogen) atoms. The number of rotatable bonds is 10. The van der Waals surface area contributed by atoms with Crippen molar-refractivity contribution in [3.05, 3.63) is 71.8 Å². The van der Waals surface area contributed by atoms with Gasteiger partial charge in [0.15, 0.2) is 0 Å². The summed E-state index contributed by atoms with van der Waals surface area (Å²) in [6, 6.07) is 18.1. The van der Waals surface area contributed by atoms with Crippen LogP contribution in [0.25, 0.3) is 0 Å². The van der Waals surface area contributed by atoms with Crippen molar-refractivity contribution in [1.29, 1.82) is 0 Å². The number of fused-ring (bicyclic) bond motifs is 1. The first-order valence-corrected chi connectivity index (χ1v) is 14.4. The van der Waals surface area contributed by atoms with E-state index in [-0.39, 0.29) is 24.3 Å². The number of benzene rings is 2. The van der Waals surface area contributed by atoms with Crippen LogP contribution in [0.5, 0.6) is 0 Å². The number of thioether (sulfide) groups is 1. The first-order chi connectivity index (χ1) is 18.3. The highest BCUT2D eigenvalue weighted by molar-refractivity contribution is 8.02. The fourth-order valence-corrected chi connectivity index (χ4v) is 9.18. The van der Waals surface area contributed by atoms with E-state index < -0.39 is 33.4 Å². The van der Waals surface area contributed by atoms with E-state index in [0.29, 0.717) is 25.9 Å². The molecular formula is C30H37N3O4S. The van der Waals surface area contributed by atoms with Crippen LogP contribution in [-0.2, 0) is 27.3 Å². The Labute approximate surface area is 228 Å². The average Bonchev–Trinajstić information content (AvgIpc) is 3.51. The van der Waals surface area contributed by atoms with Crippen molar-refractivity contribution >= 4 is 29.5 Å². The van der Waals surface area contributed by atoms with E-state index in [0.717, 1.165) is 24.0 Å². The summed E-state index contributed by atoms with van der Waals surface area (Å²) < 4.78 is -1.11. The van der Waals surface area contributed by atoms with Crippen LogP contribution in [0.1, 0.15) is 44.2 Å². The molecule has 0 saturated carbocycles. The molecule has 2 aromatic carbocycles. The van der Waals surface area contributed by atoms with Crippen LogP contribution in [0.15, 0.2) is 60.7 Å². The predicted octanol–water partition coefficient (Wildman–Crippen LogP) is 2.91. The summed E-state index contributed by atoms with van der Waals surface area (Å²) in [7, 11) is 0. The van der Waals surface area contributed by atoms with Crippen molar-refractivity contribution in [1.82, 2.24) is 15.5 Å². The van der Waals surface area contributed by atoms with E-state index in [2.05, 4.69) is 17.6 Å². The van der Waals surface area contributed by atoms with Gasteiger partial charge in [-0.25, -0.2) is 0 Å². The lowest BCUT2D eigenvalue weighted by Crippen LogP contribution is -2.56. The molecule has 3 fully saturated rings. The maximum absolute atomic E-state index is 14.3. The quantitative estimate of drug-likeness (QED) is 0.435. The minimum atomic E-state index is -0.764. The van der Waals surface area contributed by atoms with Crippen molar-refractivity contribution < 1.29 is 19.5 Å².